The highest BCUT2D eigenvalue weighted by atomic mass is 79.9. The van der Waals surface area contributed by atoms with Crippen LogP contribution in [0.15, 0.2) is 24.3 Å². The number of hydrogen-bond donors (Lipinski definition) is 0. The van der Waals surface area contributed by atoms with E-state index in [-0.39, 0.29) is 5.91 Å². The molecule has 0 N–H and O–H groups in total. The van der Waals surface area contributed by atoms with Crippen molar-refractivity contribution < 1.29 is 4.79 Å². The Labute approximate surface area is 127 Å². The molecule has 2 bridgehead atoms. The van der Waals surface area contributed by atoms with Gasteiger partial charge in [-0.2, -0.15) is 0 Å². The second-order valence-corrected chi connectivity index (χ2v) is 7.29. The smallest absolute Gasteiger partial charge is 0.227 e. The maximum Gasteiger partial charge on any atom is 0.227 e. The third-order valence-electron chi connectivity index (χ3n) is 4.23. The fourth-order valence-corrected chi connectivity index (χ4v) is 4.38. The SMILES string of the molecule is O=C(Cc1ccc(Cl)cc1)N1C2CCC1CC(Br)C2. The molecule has 2 atom stereocenters. The summed E-state index contributed by atoms with van der Waals surface area (Å²) >= 11 is 9.58. The number of carbonyl (C=O) groups excluding carboxylic acids is 1. The number of piperidine rings is 1. The van der Waals surface area contributed by atoms with Gasteiger partial charge in [0.1, 0.15) is 0 Å². The maximum absolute atomic E-state index is 12.5. The average molecular weight is 343 g/mol. The van der Waals surface area contributed by atoms with Crippen molar-refractivity contribution in [3.05, 3.63) is 34.9 Å². The zero-order valence-corrected chi connectivity index (χ0v) is 13.0. The molecule has 2 aliphatic rings. The monoisotopic (exact) mass is 341 g/mol. The van der Waals surface area contributed by atoms with Crippen LogP contribution in [-0.4, -0.2) is 27.7 Å². The van der Waals surface area contributed by atoms with Crippen molar-refractivity contribution in [1.82, 2.24) is 4.90 Å². The maximum atomic E-state index is 12.5. The van der Waals surface area contributed by atoms with Crippen molar-refractivity contribution in [1.29, 1.82) is 0 Å². The number of hydrogen-bond acceptors (Lipinski definition) is 1. The molecule has 1 amide bonds. The first-order chi connectivity index (χ1) is 9.13. The van der Waals surface area contributed by atoms with Gasteiger partial charge in [0.15, 0.2) is 0 Å². The highest BCUT2D eigenvalue weighted by Crippen LogP contribution is 2.38. The molecule has 1 aromatic rings. The molecule has 2 aliphatic heterocycles. The highest BCUT2D eigenvalue weighted by molar-refractivity contribution is 9.09. The van der Waals surface area contributed by atoms with Crippen LogP contribution in [0.25, 0.3) is 0 Å². The van der Waals surface area contributed by atoms with Gasteiger partial charge in [0.05, 0.1) is 6.42 Å². The standard InChI is InChI=1S/C15H17BrClNO/c16-11-8-13-5-6-14(9-11)18(13)15(19)7-10-1-3-12(17)4-2-10/h1-4,11,13-14H,5-9H2. The number of fused-ring (bicyclic) bond motifs is 2. The Morgan fingerprint density at radius 1 is 1.21 bits per heavy atom. The zero-order chi connectivity index (χ0) is 13.4. The average Bonchev–Trinajstić information content (AvgIpc) is 2.65. The van der Waals surface area contributed by atoms with Gasteiger partial charge in [-0.1, -0.05) is 39.7 Å². The first-order valence-corrected chi connectivity index (χ1v) is 8.12. The van der Waals surface area contributed by atoms with Gasteiger partial charge in [-0.05, 0) is 43.4 Å². The van der Waals surface area contributed by atoms with Crippen LogP contribution in [0.4, 0.5) is 0 Å². The van der Waals surface area contributed by atoms with Gasteiger partial charge in [0.25, 0.3) is 0 Å². The van der Waals surface area contributed by atoms with Crippen LogP contribution in [-0.2, 0) is 11.2 Å². The number of nitrogens with zero attached hydrogens (tertiary/aromatic N) is 1. The highest BCUT2D eigenvalue weighted by Gasteiger charge is 2.42. The van der Waals surface area contributed by atoms with Gasteiger partial charge in [-0.25, -0.2) is 0 Å². The molecule has 3 rings (SSSR count). The van der Waals surface area contributed by atoms with E-state index >= 15 is 0 Å². The minimum absolute atomic E-state index is 0.272. The Hall–Kier alpha value is -0.540. The molecule has 0 aliphatic carbocycles. The Morgan fingerprint density at radius 2 is 1.79 bits per heavy atom. The molecular weight excluding hydrogens is 326 g/mol. The minimum Gasteiger partial charge on any atom is -0.336 e. The molecule has 102 valence electrons. The summed E-state index contributed by atoms with van der Waals surface area (Å²) in [5, 5.41) is 0.719. The number of carbonyl (C=O) groups is 1. The zero-order valence-electron chi connectivity index (χ0n) is 10.7. The Morgan fingerprint density at radius 3 is 2.37 bits per heavy atom. The van der Waals surface area contributed by atoms with E-state index in [1.165, 1.54) is 12.8 Å². The lowest BCUT2D eigenvalue weighted by Gasteiger charge is -2.37. The van der Waals surface area contributed by atoms with Crippen LogP contribution in [0, 0.1) is 0 Å². The van der Waals surface area contributed by atoms with Crippen LogP contribution >= 0.6 is 27.5 Å². The largest absolute Gasteiger partial charge is 0.336 e. The minimum atomic E-state index is 0.272. The second-order valence-electron chi connectivity index (χ2n) is 5.56. The predicted octanol–water partition coefficient (Wildman–Crippen LogP) is 3.80. The van der Waals surface area contributed by atoms with Crippen molar-refractivity contribution in [3.63, 3.8) is 0 Å². The summed E-state index contributed by atoms with van der Waals surface area (Å²) in [7, 11) is 0. The lowest BCUT2D eigenvalue weighted by molar-refractivity contribution is -0.134. The van der Waals surface area contributed by atoms with Crippen LogP contribution in [0.2, 0.25) is 5.02 Å². The quantitative estimate of drug-likeness (QED) is 0.749. The molecule has 0 spiro atoms. The van der Waals surface area contributed by atoms with E-state index < -0.39 is 0 Å². The van der Waals surface area contributed by atoms with Gasteiger partial charge >= 0.3 is 0 Å². The molecule has 2 nitrogen and oxygen atoms in total. The normalized spacial score (nSPS) is 29.6. The molecule has 1 aromatic carbocycles. The topological polar surface area (TPSA) is 20.3 Å². The second kappa shape index (κ2) is 5.45. The van der Waals surface area contributed by atoms with E-state index in [4.69, 9.17) is 11.6 Å². The molecule has 2 saturated heterocycles. The Kier molecular flexibility index (Phi) is 3.86. The molecule has 2 unspecified atom stereocenters. The molecule has 0 radical (unpaired) electrons. The number of alkyl halides is 1. The van der Waals surface area contributed by atoms with Gasteiger partial charge in [-0.3, -0.25) is 4.79 Å². The molecular formula is C15H17BrClNO. The third kappa shape index (κ3) is 2.82. The fraction of sp³-hybridized carbons (Fsp3) is 0.533. The summed E-state index contributed by atoms with van der Waals surface area (Å²) in [4.78, 5) is 15.2. The number of rotatable bonds is 2. The molecule has 0 saturated carbocycles. The van der Waals surface area contributed by atoms with Gasteiger partial charge in [0.2, 0.25) is 5.91 Å². The lowest BCUT2D eigenvalue weighted by Crippen LogP contribution is -2.47. The Balaban J connectivity index is 1.69. The van der Waals surface area contributed by atoms with Crippen LogP contribution in [0.1, 0.15) is 31.2 Å². The van der Waals surface area contributed by atoms with Crippen molar-refractivity contribution in [2.75, 3.05) is 0 Å². The fourth-order valence-electron chi connectivity index (χ4n) is 3.39. The molecule has 2 fully saturated rings. The van der Waals surface area contributed by atoms with E-state index in [1.54, 1.807) is 0 Å². The van der Waals surface area contributed by atoms with Crippen molar-refractivity contribution in [2.24, 2.45) is 0 Å². The van der Waals surface area contributed by atoms with Crippen LogP contribution in [0.5, 0.6) is 0 Å². The lowest BCUT2D eigenvalue weighted by atomic mass is 10.0. The van der Waals surface area contributed by atoms with Gasteiger partial charge < -0.3 is 4.90 Å². The van der Waals surface area contributed by atoms with E-state index in [9.17, 15) is 4.79 Å². The molecule has 19 heavy (non-hydrogen) atoms. The van der Waals surface area contributed by atoms with E-state index in [2.05, 4.69) is 20.8 Å². The molecule has 2 heterocycles. The van der Waals surface area contributed by atoms with E-state index in [0.717, 1.165) is 23.4 Å². The summed E-state index contributed by atoms with van der Waals surface area (Å²) < 4.78 is 0. The predicted molar refractivity (Wildman–Crippen MR) is 80.8 cm³/mol. The van der Waals surface area contributed by atoms with Crippen molar-refractivity contribution in [3.8, 4) is 0 Å². The third-order valence-corrected chi connectivity index (χ3v) is 5.23. The van der Waals surface area contributed by atoms with Crippen molar-refractivity contribution >= 4 is 33.4 Å². The van der Waals surface area contributed by atoms with Gasteiger partial charge in [-0.15, -0.1) is 0 Å². The van der Waals surface area contributed by atoms with Crippen LogP contribution in [0.3, 0.4) is 0 Å². The van der Waals surface area contributed by atoms with Crippen molar-refractivity contribution in [2.45, 2.75) is 49.0 Å². The number of amides is 1. The Bertz CT molecular complexity index is 462. The summed E-state index contributed by atoms with van der Waals surface area (Å²) in [6, 6.07) is 8.48. The van der Waals surface area contributed by atoms with E-state index in [0.29, 0.717) is 23.3 Å². The first kappa shape index (κ1) is 13.4. The summed E-state index contributed by atoms with van der Waals surface area (Å²) in [5.74, 6) is 0.272. The van der Waals surface area contributed by atoms with Crippen LogP contribution < -0.4 is 0 Å². The summed E-state index contributed by atoms with van der Waals surface area (Å²) in [6.07, 6.45) is 5.03. The molecule has 4 heteroatoms. The number of halogens is 2. The number of benzene rings is 1. The van der Waals surface area contributed by atoms with E-state index in [1.807, 2.05) is 24.3 Å². The summed E-state index contributed by atoms with van der Waals surface area (Å²) in [6.45, 7) is 0. The first-order valence-electron chi connectivity index (χ1n) is 6.83. The van der Waals surface area contributed by atoms with Gasteiger partial charge in [0, 0.05) is 21.9 Å². The molecule has 0 aromatic heterocycles. The summed E-state index contributed by atoms with van der Waals surface area (Å²) in [5.41, 5.74) is 1.05.